The number of benzene rings is 2. The molecule has 1 amide bonds. The summed E-state index contributed by atoms with van der Waals surface area (Å²) >= 11 is 0. The molecule has 0 unspecified atom stereocenters. The van der Waals surface area contributed by atoms with Gasteiger partial charge in [0.05, 0.1) is 7.11 Å². The largest absolute Gasteiger partial charge is 0.497 e. The van der Waals surface area contributed by atoms with Crippen molar-refractivity contribution < 1.29 is 9.53 Å². The topological polar surface area (TPSA) is 32.8 Å². The first-order chi connectivity index (χ1) is 12.5. The number of amides is 1. The summed E-state index contributed by atoms with van der Waals surface area (Å²) in [4.78, 5) is 17.1. The molecule has 2 aromatic rings. The lowest BCUT2D eigenvalue weighted by Crippen LogP contribution is -2.49. The summed E-state index contributed by atoms with van der Waals surface area (Å²) < 4.78 is 5.17. The van der Waals surface area contributed by atoms with Gasteiger partial charge in [0.1, 0.15) is 5.75 Å². The third-order valence-corrected chi connectivity index (χ3v) is 5.11. The highest BCUT2D eigenvalue weighted by atomic mass is 16.5. The molecule has 1 saturated heterocycles. The number of rotatable bonds is 4. The van der Waals surface area contributed by atoms with Crippen molar-refractivity contribution in [3.05, 3.63) is 59.2 Å². The van der Waals surface area contributed by atoms with Crippen LogP contribution in [0.25, 0.3) is 0 Å². The zero-order valence-corrected chi connectivity index (χ0v) is 16.2. The van der Waals surface area contributed by atoms with Gasteiger partial charge in [-0.2, -0.15) is 0 Å². The predicted molar refractivity (Wildman–Crippen MR) is 106 cm³/mol. The van der Waals surface area contributed by atoms with E-state index in [1.165, 1.54) is 16.8 Å². The summed E-state index contributed by atoms with van der Waals surface area (Å²) in [6.07, 6.45) is 0. The van der Waals surface area contributed by atoms with Crippen LogP contribution in [0.5, 0.6) is 5.75 Å². The molecule has 1 aliphatic heterocycles. The van der Waals surface area contributed by atoms with Crippen molar-refractivity contribution in [2.45, 2.75) is 26.7 Å². The maximum Gasteiger partial charge on any atom is 0.253 e. The molecule has 1 aliphatic rings. The summed E-state index contributed by atoms with van der Waals surface area (Å²) in [5, 5.41) is 0. The third-order valence-electron chi connectivity index (χ3n) is 5.11. The maximum atomic E-state index is 12.8. The zero-order chi connectivity index (χ0) is 18.7. The first-order valence-corrected chi connectivity index (χ1v) is 9.29. The van der Waals surface area contributed by atoms with Crippen molar-refractivity contribution in [2.24, 2.45) is 0 Å². The summed E-state index contributed by atoms with van der Waals surface area (Å²) in [5.41, 5.74) is 4.77. The van der Waals surface area contributed by atoms with Crippen molar-refractivity contribution in [1.29, 1.82) is 0 Å². The molecular formula is C22H28N2O2. The molecule has 4 nitrogen and oxygen atoms in total. The molecule has 0 aromatic heterocycles. The van der Waals surface area contributed by atoms with Crippen LogP contribution in [0.1, 0.15) is 41.3 Å². The number of hydrogen-bond donors (Lipinski definition) is 0. The van der Waals surface area contributed by atoms with Crippen molar-refractivity contribution in [2.75, 3.05) is 38.2 Å². The number of nitrogens with zero attached hydrogens (tertiary/aromatic N) is 2. The van der Waals surface area contributed by atoms with Crippen LogP contribution in [0.4, 0.5) is 5.69 Å². The molecule has 0 spiro atoms. The fourth-order valence-corrected chi connectivity index (χ4v) is 3.63. The minimum absolute atomic E-state index is 0.0983. The van der Waals surface area contributed by atoms with Gasteiger partial charge < -0.3 is 14.5 Å². The monoisotopic (exact) mass is 352 g/mol. The summed E-state index contributed by atoms with van der Waals surface area (Å²) in [6, 6.07) is 13.9. The van der Waals surface area contributed by atoms with Gasteiger partial charge >= 0.3 is 0 Å². The smallest absolute Gasteiger partial charge is 0.253 e. The number of carbonyl (C=O) groups is 1. The Balaban J connectivity index is 1.70. The average molecular weight is 352 g/mol. The van der Waals surface area contributed by atoms with Crippen LogP contribution in [0.3, 0.4) is 0 Å². The molecule has 3 rings (SSSR count). The van der Waals surface area contributed by atoms with Crippen LogP contribution >= 0.6 is 0 Å². The van der Waals surface area contributed by atoms with E-state index in [1.54, 1.807) is 7.11 Å². The van der Waals surface area contributed by atoms with E-state index in [-0.39, 0.29) is 5.91 Å². The Morgan fingerprint density at radius 3 is 2.23 bits per heavy atom. The van der Waals surface area contributed by atoms with E-state index >= 15 is 0 Å². The van der Waals surface area contributed by atoms with E-state index in [0.717, 1.165) is 37.5 Å². The molecule has 1 fully saturated rings. The van der Waals surface area contributed by atoms with Crippen LogP contribution in [-0.2, 0) is 0 Å². The van der Waals surface area contributed by atoms with E-state index in [1.807, 2.05) is 29.2 Å². The molecule has 4 heteroatoms. The van der Waals surface area contributed by atoms with Gasteiger partial charge in [0.25, 0.3) is 5.91 Å². The van der Waals surface area contributed by atoms with Crippen LogP contribution in [0.2, 0.25) is 0 Å². The van der Waals surface area contributed by atoms with Crippen molar-refractivity contribution in [3.63, 3.8) is 0 Å². The molecular weight excluding hydrogens is 324 g/mol. The highest BCUT2D eigenvalue weighted by Gasteiger charge is 2.24. The third kappa shape index (κ3) is 3.69. The Morgan fingerprint density at radius 1 is 1.00 bits per heavy atom. The van der Waals surface area contributed by atoms with Gasteiger partial charge in [-0.05, 0) is 48.2 Å². The highest BCUT2D eigenvalue weighted by Crippen LogP contribution is 2.31. The second kappa shape index (κ2) is 7.81. The maximum absolute atomic E-state index is 12.8. The van der Waals surface area contributed by atoms with Gasteiger partial charge in [-0.3, -0.25) is 4.79 Å². The number of piperazine rings is 1. The first kappa shape index (κ1) is 18.3. The van der Waals surface area contributed by atoms with Crippen molar-refractivity contribution in [1.82, 2.24) is 4.90 Å². The molecule has 0 N–H and O–H groups in total. The van der Waals surface area contributed by atoms with E-state index in [9.17, 15) is 4.79 Å². The highest BCUT2D eigenvalue weighted by molar-refractivity contribution is 5.94. The average Bonchev–Trinajstić information content (AvgIpc) is 2.67. The summed E-state index contributed by atoms with van der Waals surface area (Å²) in [7, 11) is 1.63. The lowest BCUT2D eigenvalue weighted by atomic mass is 9.97. The molecule has 2 aromatic carbocycles. The van der Waals surface area contributed by atoms with Gasteiger partial charge in [0.2, 0.25) is 0 Å². The van der Waals surface area contributed by atoms with Gasteiger partial charge in [0, 0.05) is 37.4 Å². The molecule has 0 atom stereocenters. The standard InChI is InChI=1S/C22H28N2O2/c1-16(2)20-7-5-6-17(3)21(20)23-12-14-24(15-13-23)22(25)18-8-10-19(26-4)11-9-18/h5-11,16H,12-15H2,1-4H3. The molecule has 0 bridgehead atoms. The van der Waals surface area contributed by atoms with E-state index in [2.05, 4.69) is 43.9 Å². The fraction of sp³-hybridized carbons (Fsp3) is 0.409. The van der Waals surface area contributed by atoms with Gasteiger partial charge in [-0.25, -0.2) is 0 Å². The van der Waals surface area contributed by atoms with Crippen LogP contribution in [0.15, 0.2) is 42.5 Å². The Kier molecular flexibility index (Phi) is 5.50. The van der Waals surface area contributed by atoms with Gasteiger partial charge in [-0.1, -0.05) is 32.0 Å². The lowest BCUT2D eigenvalue weighted by molar-refractivity contribution is 0.0746. The normalized spacial score (nSPS) is 14.7. The Bertz CT molecular complexity index is 760. The van der Waals surface area contributed by atoms with Gasteiger partial charge in [-0.15, -0.1) is 0 Å². The SMILES string of the molecule is COc1ccc(C(=O)N2CCN(c3c(C)cccc3C(C)C)CC2)cc1. The Morgan fingerprint density at radius 2 is 1.65 bits per heavy atom. The Hall–Kier alpha value is -2.49. The van der Waals surface area contributed by atoms with Crippen LogP contribution in [-0.4, -0.2) is 44.1 Å². The molecule has 26 heavy (non-hydrogen) atoms. The number of methoxy groups -OCH3 is 1. The summed E-state index contributed by atoms with van der Waals surface area (Å²) in [6.45, 7) is 9.88. The fourth-order valence-electron chi connectivity index (χ4n) is 3.63. The number of carbonyl (C=O) groups excluding carboxylic acids is 1. The quantitative estimate of drug-likeness (QED) is 0.831. The molecule has 1 heterocycles. The number of hydrogen-bond acceptors (Lipinski definition) is 3. The van der Waals surface area contributed by atoms with Crippen LogP contribution < -0.4 is 9.64 Å². The molecule has 0 saturated carbocycles. The molecule has 0 aliphatic carbocycles. The number of ether oxygens (including phenoxy) is 1. The van der Waals surface area contributed by atoms with E-state index < -0.39 is 0 Å². The minimum atomic E-state index is 0.0983. The lowest BCUT2D eigenvalue weighted by Gasteiger charge is -2.38. The van der Waals surface area contributed by atoms with E-state index in [0.29, 0.717) is 5.92 Å². The zero-order valence-electron chi connectivity index (χ0n) is 16.2. The van der Waals surface area contributed by atoms with E-state index in [4.69, 9.17) is 4.74 Å². The Labute approximate surface area is 156 Å². The van der Waals surface area contributed by atoms with Crippen molar-refractivity contribution in [3.8, 4) is 5.75 Å². The summed E-state index contributed by atoms with van der Waals surface area (Å²) in [5.74, 6) is 1.36. The predicted octanol–water partition coefficient (Wildman–Crippen LogP) is 4.09. The van der Waals surface area contributed by atoms with Crippen molar-refractivity contribution >= 4 is 11.6 Å². The van der Waals surface area contributed by atoms with Gasteiger partial charge in [0.15, 0.2) is 0 Å². The first-order valence-electron chi connectivity index (χ1n) is 9.29. The second-order valence-electron chi connectivity index (χ2n) is 7.18. The molecule has 138 valence electrons. The number of para-hydroxylation sites is 1. The number of aryl methyl sites for hydroxylation is 1. The minimum Gasteiger partial charge on any atom is -0.497 e. The molecule has 0 radical (unpaired) electrons. The van der Waals surface area contributed by atoms with Crippen LogP contribution in [0, 0.1) is 6.92 Å². The second-order valence-corrected chi connectivity index (χ2v) is 7.18. The number of anilines is 1.